The average Bonchev–Trinajstić information content (AvgIpc) is 3.08. The van der Waals surface area contributed by atoms with Crippen molar-refractivity contribution in [3.63, 3.8) is 0 Å². The molecule has 0 bridgehead atoms. The molecule has 0 radical (unpaired) electrons. The summed E-state index contributed by atoms with van der Waals surface area (Å²) in [5, 5.41) is 7.00. The number of ether oxygens (including phenoxy) is 2. The minimum absolute atomic E-state index is 0.230. The normalized spacial score (nSPS) is 16.4. The third kappa shape index (κ3) is 4.32. The second-order valence-electron chi connectivity index (χ2n) is 7.71. The lowest BCUT2D eigenvalue weighted by Crippen LogP contribution is -2.34. The molecule has 1 aromatic carbocycles. The first-order valence-electron chi connectivity index (χ1n) is 10.2. The molecule has 4 rings (SSSR count). The van der Waals surface area contributed by atoms with E-state index in [0.29, 0.717) is 23.1 Å². The van der Waals surface area contributed by atoms with Crippen LogP contribution in [0.15, 0.2) is 35.3 Å². The maximum absolute atomic E-state index is 12.6. The van der Waals surface area contributed by atoms with E-state index in [1.165, 1.54) is 25.0 Å². The number of fused-ring (bicyclic) bond motifs is 1. The van der Waals surface area contributed by atoms with E-state index in [1.807, 2.05) is 6.07 Å². The molecule has 10 heteroatoms. The maximum Gasteiger partial charge on any atom is 0.352 e. The van der Waals surface area contributed by atoms with Crippen LogP contribution in [-0.2, 0) is 11.3 Å². The Morgan fingerprint density at radius 2 is 2.03 bits per heavy atom. The Morgan fingerprint density at radius 1 is 1.23 bits per heavy atom. The smallest absolute Gasteiger partial charge is 0.352 e. The Hall–Kier alpha value is -3.56. The van der Waals surface area contributed by atoms with Crippen LogP contribution in [-0.4, -0.2) is 52.4 Å². The number of carbonyl (C=O) groups is 1. The molecule has 31 heavy (non-hydrogen) atoms. The lowest BCUT2D eigenvalue weighted by Gasteiger charge is -2.31. The summed E-state index contributed by atoms with van der Waals surface area (Å²) < 4.78 is 12.9. The number of methoxy groups -OCH3 is 2. The summed E-state index contributed by atoms with van der Waals surface area (Å²) in [5.74, 6) is 2.34. The zero-order chi connectivity index (χ0) is 22.0. The Labute approximate surface area is 179 Å². The van der Waals surface area contributed by atoms with Crippen molar-refractivity contribution in [2.75, 3.05) is 37.5 Å². The molecule has 1 N–H and O–H groups in total. The first kappa shape index (κ1) is 20.7. The Morgan fingerprint density at radius 3 is 2.77 bits per heavy atom. The van der Waals surface area contributed by atoms with Crippen LogP contribution in [0.4, 0.5) is 11.5 Å². The molecule has 0 unspecified atom stereocenters. The number of nitrogens with zero attached hydrogens (tertiary/aromatic N) is 5. The second kappa shape index (κ2) is 8.66. The fourth-order valence-electron chi connectivity index (χ4n) is 3.82. The standard InChI is InChI=1S/C21H26N6O4/c1-14-5-4-9-25(12-14)18-8-10-26-20(23-18)24-27(21(26)29)13-19(28)22-15-6-7-16(30-2)17(11-15)31-3/h6-8,10-11,14H,4-5,9,12-13H2,1-3H3,(H,22,28)/t14-/m0/s1. The molecule has 1 amide bonds. The van der Waals surface area contributed by atoms with Crippen molar-refractivity contribution in [2.45, 2.75) is 26.3 Å². The summed E-state index contributed by atoms with van der Waals surface area (Å²) in [4.78, 5) is 31.9. The molecule has 1 fully saturated rings. The van der Waals surface area contributed by atoms with E-state index in [4.69, 9.17) is 9.47 Å². The molecule has 0 spiro atoms. The van der Waals surface area contributed by atoms with E-state index in [0.717, 1.165) is 30.0 Å². The van der Waals surface area contributed by atoms with Gasteiger partial charge in [-0.2, -0.15) is 4.98 Å². The van der Waals surface area contributed by atoms with Crippen molar-refractivity contribution in [2.24, 2.45) is 5.92 Å². The Kier molecular flexibility index (Phi) is 5.79. The van der Waals surface area contributed by atoms with Gasteiger partial charge in [0.1, 0.15) is 12.4 Å². The maximum atomic E-state index is 12.6. The van der Waals surface area contributed by atoms with Crippen LogP contribution >= 0.6 is 0 Å². The van der Waals surface area contributed by atoms with Gasteiger partial charge < -0.3 is 19.7 Å². The molecular weight excluding hydrogens is 400 g/mol. The minimum atomic E-state index is -0.413. The summed E-state index contributed by atoms with van der Waals surface area (Å²) in [6.45, 7) is 3.86. The quantitative estimate of drug-likeness (QED) is 0.641. The van der Waals surface area contributed by atoms with Crippen LogP contribution in [0.3, 0.4) is 0 Å². The van der Waals surface area contributed by atoms with Crippen molar-refractivity contribution in [1.29, 1.82) is 0 Å². The van der Waals surface area contributed by atoms with Gasteiger partial charge in [-0.3, -0.25) is 4.79 Å². The molecule has 3 heterocycles. The van der Waals surface area contributed by atoms with Gasteiger partial charge in [-0.25, -0.2) is 13.9 Å². The first-order chi connectivity index (χ1) is 15.0. The Balaban J connectivity index is 1.51. The van der Waals surface area contributed by atoms with Gasteiger partial charge >= 0.3 is 5.69 Å². The highest BCUT2D eigenvalue weighted by atomic mass is 16.5. The zero-order valence-electron chi connectivity index (χ0n) is 17.9. The van der Waals surface area contributed by atoms with E-state index in [9.17, 15) is 9.59 Å². The molecule has 1 aliphatic rings. The molecule has 2 aromatic heterocycles. The van der Waals surface area contributed by atoms with Crippen molar-refractivity contribution < 1.29 is 14.3 Å². The van der Waals surface area contributed by atoms with Crippen molar-refractivity contribution in [3.8, 4) is 11.5 Å². The SMILES string of the molecule is COc1ccc(NC(=O)Cn2nc3nc(N4CCC[C@H](C)C4)ccn3c2=O)cc1OC. The van der Waals surface area contributed by atoms with Gasteiger partial charge in [-0.1, -0.05) is 6.92 Å². The third-order valence-corrected chi connectivity index (χ3v) is 5.38. The van der Waals surface area contributed by atoms with Crippen LogP contribution in [0.1, 0.15) is 19.8 Å². The number of carbonyl (C=O) groups excluding carboxylic acids is 1. The molecule has 3 aromatic rings. The number of hydrogen-bond donors (Lipinski definition) is 1. The predicted octanol–water partition coefficient (Wildman–Crippen LogP) is 1.78. The topological polar surface area (TPSA) is 103 Å². The monoisotopic (exact) mass is 426 g/mol. The lowest BCUT2D eigenvalue weighted by molar-refractivity contribution is -0.117. The third-order valence-electron chi connectivity index (χ3n) is 5.38. The summed E-state index contributed by atoms with van der Waals surface area (Å²) >= 11 is 0. The molecule has 1 saturated heterocycles. The number of aromatic nitrogens is 4. The van der Waals surface area contributed by atoms with E-state index in [-0.39, 0.29) is 18.2 Å². The fraction of sp³-hybridized carbons (Fsp3) is 0.429. The van der Waals surface area contributed by atoms with Gasteiger partial charge in [-0.05, 0) is 37.0 Å². The van der Waals surface area contributed by atoms with Gasteiger partial charge in [-0.15, -0.1) is 5.10 Å². The number of benzene rings is 1. The molecule has 1 atom stereocenters. The van der Waals surface area contributed by atoms with E-state index in [2.05, 4.69) is 27.2 Å². The van der Waals surface area contributed by atoms with Gasteiger partial charge in [0.15, 0.2) is 11.5 Å². The minimum Gasteiger partial charge on any atom is -0.493 e. The van der Waals surface area contributed by atoms with E-state index < -0.39 is 5.69 Å². The first-order valence-corrected chi connectivity index (χ1v) is 10.2. The van der Waals surface area contributed by atoms with Crippen molar-refractivity contribution in [1.82, 2.24) is 19.2 Å². The molecule has 10 nitrogen and oxygen atoms in total. The largest absolute Gasteiger partial charge is 0.493 e. The fourth-order valence-corrected chi connectivity index (χ4v) is 3.82. The molecule has 0 saturated carbocycles. The van der Waals surface area contributed by atoms with Crippen LogP contribution < -0.4 is 25.4 Å². The van der Waals surface area contributed by atoms with Crippen molar-refractivity contribution in [3.05, 3.63) is 40.9 Å². The van der Waals surface area contributed by atoms with Gasteiger partial charge in [0.25, 0.3) is 5.78 Å². The highest BCUT2D eigenvalue weighted by molar-refractivity contribution is 5.90. The predicted molar refractivity (Wildman–Crippen MR) is 116 cm³/mol. The van der Waals surface area contributed by atoms with Gasteiger partial charge in [0.05, 0.1) is 14.2 Å². The highest BCUT2D eigenvalue weighted by Gasteiger charge is 2.19. The summed E-state index contributed by atoms with van der Waals surface area (Å²) in [5.41, 5.74) is 0.114. The molecular formula is C21H26N6O4. The van der Waals surface area contributed by atoms with Crippen LogP contribution in [0.5, 0.6) is 11.5 Å². The average molecular weight is 426 g/mol. The zero-order valence-corrected chi connectivity index (χ0v) is 17.9. The van der Waals surface area contributed by atoms with Crippen LogP contribution in [0, 0.1) is 5.92 Å². The number of amides is 1. The summed E-state index contributed by atoms with van der Waals surface area (Å²) in [6.07, 6.45) is 3.99. The summed E-state index contributed by atoms with van der Waals surface area (Å²) in [7, 11) is 3.06. The van der Waals surface area contributed by atoms with Gasteiger partial charge in [0.2, 0.25) is 5.91 Å². The number of anilines is 2. The van der Waals surface area contributed by atoms with E-state index in [1.54, 1.807) is 24.4 Å². The number of nitrogens with one attached hydrogen (secondary N) is 1. The summed E-state index contributed by atoms with van der Waals surface area (Å²) in [6, 6.07) is 6.86. The van der Waals surface area contributed by atoms with Gasteiger partial charge in [0, 0.05) is 31.0 Å². The number of rotatable bonds is 6. The molecule has 1 aliphatic heterocycles. The van der Waals surface area contributed by atoms with E-state index >= 15 is 0 Å². The van der Waals surface area contributed by atoms with Crippen LogP contribution in [0.2, 0.25) is 0 Å². The number of hydrogen-bond acceptors (Lipinski definition) is 7. The molecule has 0 aliphatic carbocycles. The van der Waals surface area contributed by atoms with Crippen LogP contribution in [0.25, 0.3) is 5.78 Å². The lowest BCUT2D eigenvalue weighted by atomic mass is 10.0. The highest BCUT2D eigenvalue weighted by Crippen LogP contribution is 2.29. The van der Waals surface area contributed by atoms with Crippen molar-refractivity contribution >= 4 is 23.2 Å². The second-order valence-corrected chi connectivity index (χ2v) is 7.71. The Bertz CT molecular complexity index is 1150. The molecule has 164 valence electrons. The number of piperidine rings is 1.